The highest BCUT2D eigenvalue weighted by molar-refractivity contribution is 7.99. The molecule has 3 aliphatic rings. The lowest BCUT2D eigenvalue weighted by atomic mass is 9.90. The molecular formula is C14H22N4OS. The first-order chi connectivity index (χ1) is 9.83. The number of nitrogens with zero attached hydrogens (tertiary/aromatic N) is 3. The quantitative estimate of drug-likeness (QED) is 0.917. The van der Waals surface area contributed by atoms with Crippen LogP contribution in [0, 0.1) is 0 Å². The fourth-order valence-corrected chi connectivity index (χ4v) is 4.56. The highest BCUT2D eigenvalue weighted by Crippen LogP contribution is 2.41. The standard InChI is InChI=1S/C14H22N4OS/c1-2-11(1)15-8-13-16-10-18(17-13)12-3-5-19-14(7-12)4-6-20-9-14/h10-12,15H,1-9H2. The van der Waals surface area contributed by atoms with Gasteiger partial charge in [-0.05, 0) is 37.9 Å². The monoisotopic (exact) mass is 294 g/mol. The molecule has 5 nitrogen and oxygen atoms in total. The molecule has 1 saturated carbocycles. The van der Waals surface area contributed by atoms with Gasteiger partial charge in [0.1, 0.15) is 6.33 Å². The Kier molecular flexibility index (Phi) is 3.48. The third kappa shape index (κ3) is 2.73. The zero-order valence-electron chi connectivity index (χ0n) is 11.8. The normalized spacial score (nSPS) is 33.9. The van der Waals surface area contributed by atoms with Crippen molar-refractivity contribution in [3.05, 3.63) is 12.2 Å². The highest BCUT2D eigenvalue weighted by Gasteiger charge is 2.41. The van der Waals surface area contributed by atoms with Crippen molar-refractivity contribution in [2.24, 2.45) is 0 Å². The van der Waals surface area contributed by atoms with E-state index >= 15 is 0 Å². The number of hydrogen-bond acceptors (Lipinski definition) is 5. The SMILES string of the molecule is c1nc(CNC2CC2)nn1C1CCOC2(CCSC2)C1. The van der Waals surface area contributed by atoms with Crippen molar-refractivity contribution < 1.29 is 4.74 Å². The van der Waals surface area contributed by atoms with Crippen LogP contribution in [0.4, 0.5) is 0 Å². The molecule has 3 heterocycles. The van der Waals surface area contributed by atoms with Gasteiger partial charge in [0.15, 0.2) is 5.82 Å². The Morgan fingerprint density at radius 2 is 2.40 bits per heavy atom. The number of ether oxygens (including phenoxy) is 1. The van der Waals surface area contributed by atoms with Crippen LogP contribution in [0.5, 0.6) is 0 Å². The maximum absolute atomic E-state index is 6.08. The molecule has 20 heavy (non-hydrogen) atoms. The summed E-state index contributed by atoms with van der Waals surface area (Å²) >= 11 is 2.02. The maximum Gasteiger partial charge on any atom is 0.164 e. The zero-order chi connectivity index (χ0) is 13.4. The molecule has 1 aromatic heterocycles. The molecule has 2 saturated heterocycles. The van der Waals surface area contributed by atoms with E-state index in [2.05, 4.69) is 20.1 Å². The molecule has 0 radical (unpaired) electrons. The fourth-order valence-electron chi connectivity index (χ4n) is 3.18. The summed E-state index contributed by atoms with van der Waals surface area (Å²) in [5.74, 6) is 3.31. The molecule has 6 heteroatoms. The largest absolute Gasteiger partial charge is 0.374 e. The van der Waals surface area contributed by atoms with E-state index in [1.807, 2.05) is 18.1 Å². The van der Waals surface area contributed by atoms with Crippen LogP contribution in [-0.2, 0) is 11.3 Å². The van der Waals surface area contributed by atoms with E-state index in [0.717, 1.165) is 37.6 Å². The molecule has 0 aromatic carbocycles. The first kappa shape index (κ1) is 13.1. The van der Waals surface area contributed by atoms with Crippen molar-refractivity contribution in [3.63, 3.8) is 0 Å². The Balaban J connectivity index is 1.40. The van der Waals surface area contributed by atoms with Crippen molar-refractivity contribution in [2.75, 3.05) is 18.1 Å². The molecule has 110 valence electrons. The first-order valence-corrected chi connectivity index (χ1v) is 8.84. The number of hydrogen-bond donors (Lipinski definition) is 1. The van der Waals surface area contributed by atoms with E-state index in [0.29, 0.717) is 12.1 Å². The fraction of sp³-hybridized carbons (Fsp3) is 0.857. The van der Waals surface area contributed by atoms with Crippen molar-refractivity contribution in [1.82, 2.24) is 20.1 Å². The topological polar surface area (TPSA) is 52.0 Å². The lowest BCUT2D eigenvalue weighted by Gasteiger charge is -2.37. The van der Waals surface area contributed by atoms with Crippen molar-refractivity contribution >= 4 is 11.8 Å². The predicted molar refractivity (Wildman–Crippen MR) is 78.8 cm³/mol. The molecule has 1 N–H and O–H groups in total. The Labute approximate surface area is 123 Å². The van der Waals surface area contributed by atoms with Gasteiger partial charge in [-0.1, -0.05) is 0 Å². The molecule has 1 aliphatic carbocycles. The second-order valence-electron chi connectivity index (χ2n) is 6.28. The van der Waals surface area contributed by atoms with Crippen LogP contribution < -0.4 is 5.32 Å². The van der Waals surface area contributed by atoms with Crippen molar-refractivity contribution in [1.29, 1.82) is 0 Å². The Hall–Kier alpha value is -0.590. The Bertz CT molecular complexity index is 467. The van der Waals surface area contributed by atoms with Gasteiger partial charge in [-0.2, -0.15) is 16.9 Å². The summed E-state index contributed by atoms with van der Waals surface area (Å²) in [4.78, 5) is 4.45. The second-order valence-corrected chi connectivity index (χ2v) is 7.38. The van der Waals surface area contributed by atoms with Gasteiger partial charge >= 0.3 is 0 Å². The first-order valence-electron chi connectivity index (χ1n) is 7.68. The molecule has 0 bridgehead atoms. The number of nitrogens with one attached hydrogen (secondary N) is 1. The van der Waals surface area contributed by atoms with E-state index in [9.17, 15) is 0 Å². The predicted octanol–water partition coefficient (Wildman–Crippen LogP) is 1.76. The van der Waals surface area contributed by atoms with Crippen LogP contribution in [0.2, 0.25) is 0 Å². The van der Waals surface area contributed by atoms with Crippen molar-refractivity contribution in [2.45, 2.75) is 56.3 Å². The summed E-state index contributed by atoms with van der Waals surface area (Å²) in [5, 5.41) is 8.14. The van der Waals surface area contributed by atoms with E-state index in [1.54, 1.807) is 0 Å². The highest BCUT2D eigenvalue weighted by atomic mass is 32.2. The third-order valence-electron chi connectivity index (χ3n) is 4.59. The van der Waals surface area contributed by atoms with E-state index in [4.69, 9.17) is 4.74 Å². The smallest absolute Gasteiger partial charge is 0.164 e. The molecule has 2 unspecified atom stereocenters. The van der Waals surface area contributed by atoms with Gasteiger partial charge in [-0.3, -0.25) is 0 Å². The van der Waals surface area contributed by atoms with E-state index < -0.39 is 0 Å². The number of thioether (sulfide) groups is 1. The van der Waals surface area contributed by atoms with Crippen LogP contribution in [0.15, 0.2) is 6.33 Å². The average Bonchev–Trinajstić information content (AvgIpc) is 3.00. The minimum absolute atomic E-state index is 0.117. The summed E-state index contributed by atoms with van der Waals surface area (Å²) in [7, 11) is 0. The van der Waals surface area contributed by atoms with Gasteiger partial charge < -0.3 is 10.1 Å². The van der Waals surface area contributed by atoms with E-state index in [-0.39, 0.29) is 5.60 Å². The molecule has 2 aliphatic heterocycles. The van der Waals surface area contributed by atoms with Gasteiger partial charge in [0.2, 0.25) is 0 Å². The van der Waals surface area contributed by atoms with Crippen LogP contribution in [0.1, 0.15) is 44.0 Å². The van der Waals surface area contributed by atoms with Crippen molar-refractivity contribution in [3.8, 4) is 0 Å². The van der Waals surface area contributed by atoms with Gasteiger partial charge in [-0.25, -0.2) is 9.67 Å². The lowest BCUT2D eigenvalue weighted by molar-refractivity contribution is -0.0779. The van der Waals surface area contributed by atoms with Gasteiger partial charge in [0, 0.05) is 18.4 Å². The second kappa shape index (κ2) is 5.31. The molecule has 2 atom stereocenters. The maximum atomic E-state index is 6.08. The van der Waals surface area contributed by atoms with Crippen LogP contribution in [0.3, 0.4) is 0 Å². The molecular weight excluding hydrogens is 272 g/mol. The Morgan fingerprint density at radius 3 is 3.20 bits per heavy atom. The molecule has 0 amide bonds. The summed E-state index contributed by atoms with van der Waals surface area (Å²) in [6.07, 6.45) is 7.88. The number of aromatic nitrogens is 3. The summed E-state index contributed by atoms with van der Waals surface area (Å²) in [6, 6.07) is 1.17. The molecule has 4 rings (SSSR count). The van der Waals surface area contributed by atoms with Gasteiger partial charge in [0.05, 0.1) is 18.2 Å². The number of rotatable bonds is 4. The lowest BCUT2D eigenvalue weighted by Crippen LogP contribution is -2.40. The minimum Gasteiger partial charge on any atom is -0.374 e. The zero-order valence-corrected chi connectivity index (χ0v) is 12.6. The summed E-state index contributed by atoms with van der Waals surface area (Å²) in [6.45, 7) is 1.67. The van der Waals surface area contributed by atoms with Crippen LogP contribution >= 0.6 is 11.8 Å². The third-order valence-corrected chi connectivity index (χ3v) is 5.81. The summed E-state index contributed by atoms with van der Waals surface area (Å²) < 4.78 is 8.16. The minimum atomic E-state index is 0.117. The molecule has 3 fully saturated rings. The van der Waals surface area contributed by atoms with E-state index in [1.165, 1.54) is 25.0 Å². The molecule has 1 aromatic rings. The molecule has 1 spiro atoms. The van der Waals surface area contributed by atoms with Crippen LogP contribution in [-0.4, -0.2) is 44.5 Å². The average molecular weight is 294 g/mol. The van der Waals surface area contributed by atoms with Gasteiger partial charge in [-0.15, -0.1) is 0 Å². The summed E-state index contributed by atoms with van der Waals surface area (Å²) in [5.41, 5.74) is 0.117. The Morgan fingerprint density at radius 1 is 1.45 bits per heavy atom. The van der Waals surface area contributed by atoms with Gasteiger partial charge in [0.25, 0.3) is 0 Å². The van der Waals surface area contributed by atoms with Crippen LogP contribution in [0.25, 0.3) is 0 Å².